The van der Waals surface area contributed by atoms with Crippen LogP contribution in [0.2, 0.25) is 0 Å². The predicted molar refractivity (Wildman–Crippen MR) is 49.5 cm³/mol. The summed E-state index contributed by atoms with van der Waals surface area (Å²) in [7, 11) is 0. The van der Waals surface area contributed by atoms with Gasteiger partial charge in [-0.15, -0.1) is 12.3 Å². The molecule has 0 aliphatic rings. The molecule has 0 spiro atoms. The van der Waals surface area contributed by atoms with Crippen LogP contribution in [0.25, 0.3) is 0 Å². The van der Waals surface area contributed by atoms with Crippen LogP contribution in [0.1, 0.15) is 6.42 Å². The summed E-state index contributed by atoms with van der Waals surface area (Å²) in [6.45, 7) is 0. The zero-order chi connectivity index (χ0) is 12.0. The molecule has 0 saturated heterocycles. The lowest BCUT2D eigenvalue weighted by Gasteiger charge is -2.26. The van der Waals surface area contributed by atoms with Crippen molar-refractivity contribution < 1.29 is 30.3 Å². The maximum Gasteiger partial charge on any atom is 0.151 e. The second kappa shape index (κ2) is 6.50. The van der Waals surface area contributed by atoms with Crippen molar-refractivity contribution in [3.63, 3.8) is 0 Å². The highest BCUT2D eigenvalue weighted by molar-refractivity contribution is 5.56. The highest BCUT2D eigenvalue weighted by atomic mass is 16.4. The van der Waals surface area contributed by atoms with Crippen LogP contribution in [-0.2, 0) is 4.79 Å². The molecule has 0 saturated carbocycles. The fourth-order valence-electron chi connectivity index (χ4n) is 0.954. The first-order chi connectivity index (χ1) is 6.95. The fourth-order valence-corrected chi connectivity index (χ4v) is 0.954. The summed E-state index contributed by atoms with van der Waals surface area (Å²) in [4.78, 5) is 10.1. The van der Waals surface area contributed by atoms with E-state index in [4.69, 9.17) is 21.7 Å². The summed E-state index contributed by atoms with van der Waals surface area (Å²) in [6.07, 6.45) is -4.07. The summed E-state index contributed by atoms with van der Waals surface area (Å²) in [6, 6.07) is 0. The smallest absolute Gasteiger partial charge is 0.151 e. The van der Waals surface area contributed by atoms with Crippen molar-refractivity contribution in [2.24, 2.45) is 0 Å². The monoisotopic (exact) mass is 218 g/mol. The van der Waals surface area contributed by atoms with E-state index in [0.717, 1.165) is 0 Å². The standard InChI is InChI=1S/C9H14O6/c1-2-3-5(11)7(13)9(15)8(14)6(12)4-10/h1,4-9,11-15H,3H2/t5?,6-,7+,8+,9-/m0/s1. The first-order valence-electron chi connectivity index (χ1n) is 4.24. The lowest BCUT2D eigenvalue weighted by molar-refractivity contribution is -0.143. The number of carbonyl (C=O) groups excluding carboxylic acids is 1. The minimum atomic E-state index is -1.87. The molecule has 0 aliphatic heterocycles. The summed E-state index contributed by atoms with van der Waals surface area (Å²) in [5, 5.41) is 45.6. The number of aliphatic hydroxyl groups excluding tert-OH is 5. The van der Waals surface area contributed by atoms with Crippen LogP contribution < -0.4 is 0 Å². The minimum Gasteiger partial charge on any atom is -0.389 e. The average Bonchev–Trinajstić information content (AvgIpc) is 2.25. The van der Waals surface area contributed by atoms with Crippen molar-refractivity contribution in [2.75, 3.05) is 0 Å². The Balaban J connectivity index is 4.36. The summed E-state index contributed by atoms with van der Waals surface area (Å²) >= 11 is 0. The van der Waals surface area contributed by atoms with Crippen LogP contribution in [0.5, 0.6) is 0 Å². The van der Waals surface area contributed by atoms with Gasteiger partial charge in [-0.3, -0.25) is 0 Å². The molecule has 0 rings (SSSR count). The molecule has 86 valence electrons. The molecule has 0 amide bonds. The van der Waals surface area contributed by atoms with Crippen molar-refractivity contribution >= 4 is 6.29 Å². The highest BCUT2D eigenvalue weighted by Gasteiger charge is 2.33. The number of hydrogen-bond donors (Lipinski definition) is 5. The van der Waals surface area contributed by atoms with Crippen molar-refractivity contribution in [3.05, 3.63) is 0 Å². The molecule has 6 nitrogen and oxygen atoms in total. The van der Waals surface area contributed by atoms with E-state index in [1.165, 1.54) is 0 Å². The van der Waals surface area contributed by atoms with Gasteiger partial charge < -0.3 is 30.3 Å². The van der Waals surface area contributed by atoms with E-state index in [0.29, 0.717) is 0 Å². The normalized spacial score (nSPS) is 20.8. The van der Waals surface area contributed by atoms with Crippen molar-refractivity contribution in [3.8, 4) is 12.3 Å². The molecule has 0 aromatic heterocycles. The molecule has 6 heteroatoms. The molecule has 0 aliphatic carbocycles. The van der Waals surface area contributed by atoms with Gasteiger partial charge in [0.15, 0.2) is 6.29 Å². The number of aliphatic hydroxyl groups is 5. The Morgan fingerprint density at radius 3 is 2.00 bits per heavy atom. The number of hydrogen-bond acceptors (Lipinski definition) is 6. The SMILES string of the molecule is C#CCC(O)[C@@H](O)[C@H](O)[C@H](O)[C@@H](O)C=O. The van der Waals surface area contributed by atoms with Gasteiger partial charge in [0.2, 0.25) is 0 Å². The lowest BCUT2D eigenvalue weighted by Crippen LogP contribution is -2.49. The third-order valence-electron chi connectivity index (χ3n) is 1.91. The maximum atomic E-state index is 10.1. The van der Waals surface area contributed by atoms with E-state index in [-0.39, 0.29) is 12.7 Å². The first kappa shape index (κ1) is 14.0. The topological polar surface area (TPSA) is 118 Å². The molecule has 0 radical (unpaired) electrons. The van der Waals surface area contributed by atoms with Gasteiger partial charge >= 0.3 is 0 Å². The van der Waals surface area contributed by atoms with Crippen LogP contribution in [0.3, 0.4) is 0 Å². The van der Waals surface area contributed by atoms with Gasteiger partial charge in [-0.25, -0.2) is 0 Å². The lowest BCUT2D eigenvalue weighted by atomic mass is 9.98. The zero-order valence-corrected chi connectivity index (χ0v) is 7.89. The first-order valence-corrected chi connectivity index (χ1v) is 4.24. The van der Waals surface area contributed by atoms with Gasteiger partial charge in [0.25, 0.3) is 0 Å². The fraction of sp³-hybridized carbons (Fsp3) is 0.667. The Morgan fingerprint density at radius 2 is 1.60 bits per heavy atom. The molecule has 15 heavy (non-hydrogen) atoms. The van der Waals surface area contributed by atoms with E-state index < -0.39 is 30.5 Å². The third-order valence-corrected chi connectivity index (χ3v) is 1.91. The van der Waals surface area contributed by atoms with Crippen LogP contribution in [0.4, 0.5) is 0 Å². The van der Waals surface area contributed by atoms with E-state index in [9.17, 15) is 15.0 Å². The van der Waals surface area contributed by atoms with Crippen molar-refractivity contribution in [2.45, 2.75) is 36.9 Å². The minimum absolute atomic E-state index is 0.00810. The third kappa shape index (κ3) is 3.95. The molecule has 0 aromatic carbocycles. The molecular formula is C9H14O6. The Bertz CT molecular complexity index is 235. The predicted octanol–water partition coefficient (Wildman–Crippen LogP) is -2.99. The van der Waals surface area contributed by atoms with Gasteiger partial charge in [-0.1, -0.05) is 0 Å². The van der Waals surface area contributed by atoms with Crippen LogP contribution in [0, 0.1) is 12.3 Å². The van der Waals surface area contributed by atoms with E-state index >= 15 is 0 Å². The van der Waals surface area contributed by atoms with Gasteiger partial charge in [0, 0.05) is 6.42 Å². The molecule has 0 fully saturated rings. The summed E-state index contributed by atoms with van der Waals surface area (Å²) in [5.41, 5.74) is 0. The Labute approximate surface area is 86.8 Å². The summed E-state index contributed by atoms with van der Waals surface area (Å²) < 4.78 is 0. The Kier molecular flexibility index (Phi) is 6.08. The van der Waals surface area contributed by atoms with Crippen LogP contribution in [0.15, 0.2) is 0 Å². The summed E-state index contributed by atoms with van der Waals surface area (Å²) in [5.74, 6) is 2.05. The van der Waals surface area contributed by atoms with Gasteiger partial charge in [-0.2, -0.15) is 0 Å². The molecule has 5 atom stereocenters. The Morgan fingerprint density at radius 1 is 1.07 bits per heavy atom. The van der Waals surface area contributed by atoms with Crippen LogP contribution in [-0.4, -0.2) is 62.3 Å². The number of rotatable bonds is 6. The van der Waals surface area contributed by atoms with Gasteiger partial charge in [0.05, 0.1) is 6.10 Å². The molecular weight excluding hydrogens is 204 g/mol. The highest BCUT2D eigenvalue weighted by Crippen LogP contribution is 2.09. The number of terminal acetylenes is 1. The Hall–Kier alpha value is -0.970. The van der Waals surface area contributed by atoms with Crippen LogP contribution >= 0.6 is 0 Å². The van der Waals surface area contributed by atoms with E-state index in [2.05, 4.69) is 5.92 Å². The maximum absolute atomic E-state index is 10.1. The second-order valence-electron chi connectivity index (χ2n) is 3.07. The zero-order valence-electron chi connectivity index (χ0n) is 7.89. The number of carbonyl (C=O) groups is 1. The largest absolute Gasteiger partial charge is 0.389 e. The second-order valence-corrected chi connectivity index (χ2v) is 3.07. The average molecular weight is 218 g/mol. The molecule has 5 N–H and O–H groups in total. The molecule has 0 aromatic rings. The quantitative estimate of drug-likeness (QED) is 0.240. The van der Waals surface area contributed by atoms with Gasteiger partial charge in [0.1, 0.15) is 24.4 Å². The van der Waals surface area contributed by atoms with E-state index in [1.54, 1.807) is 0 Å². The van der Waals surface area contributed by atoms with Crippen molar-refractivity contribution in [1.29, 1.82) is 0 Å². The molecule has 1 unspecified atom stereocenters. The molecule has 0 bridgehead atoms. The van der Waals surface area contributed by atoms with Crippen molar-refractivity contribution in [1.82, 2.24) is 0 Å². The van der Waals surface area contributed by atoms with Gasteiger partial charge in [-0.05, 0) is 0 Å². The van der Waals surface area contributed by atoms with E-state index in [1.807, 2.05) is 0 Å². The number of aldehydes is 1. The molecule has 0 heterocycles.